The summed E-state index contributed by atoms with van der Waals surface area (Å²) in [5, 5.41) is 15.6. The largest absolute Gasteiger partial charge is 0.497 e. The van der Waals surface area contributed by atoms with E-state index in [1.54, 1.807) is 76.4 Å². The van der Waals surface area contributed by atoms with Crippen LogP contribution in [0, 0.1) is 0 Å². The van der Waals surface area contributed by atoms with Crippen molar-refractivity contribution < 1.29 is 29.0 Å². The van der Waals surface area contributed by atoms with Crippen LogP contribution in [0.5, 0.6) is 5.75 Å². The van der Waals surface area contributed by atoms with E-state index in [1.807, 2.05) is 36.4 Å². The molecule has 9 nitrogen and oxygen atoms in total. The lowest BCUT2D eigenvalue weighted by Gasteiger charge is -2.34. The maximum Gasteiger partial charge on any atom is 0.408 e. The molecule has 0 spiro atoms. The zero-order valence-electron chi connectivity index (χ0n) is 24.5. The third-order valence-corrected chi connectivity index (χ3v) is 6.28. The number of nitrogens with zero attached hydrogens (tertiary/aromatic N) is 1. The lowest BCUT2D eigenvalue weighted by molar-refractivity contribution is -0.141. The first-order chi connectivity index (χ1) is 20.0. The van der Waals surface area contributed by atoms with Crippen LogP contribution in [0.4, 0.5) is 10.5 Å². The fourth-order valence-electron chi connectivity index (χ4n) is 4.39. The first-order valence-electron chi connectivity index (χ1n) is 13.7. The Morgan fingerprint density at radius 3 is 2.29 bits per heavy atom. The topological polar surface area (TPSA) is 117 Å². The fourth-order valence-corrected chi connectivity index (χ4v) is 4.39. The monoisotopic (exact) mass is 573 g/mol. The van der Waals surface area contributed by atoms with Crippen LogP contribution in [0.15, 0.2) is 85.4 Å². The first-order valence-corrected chi connectivity index (χ1v) is 13.7. The van der Waals surface area contributed by atoms with E-state index in [2.05, 4.69) is 17.2 Å². The molecule has 0 aliphatic heterocycles. The SMILES string of the molecule is C=Cc1cccc(C(C(=O)Nc2ccc(OC)cc2)N(CCO)C(=O)C(Cc2ccccc2)NC(=O)OC(C)(C)C)c1. The van der Waals surface area contributed by atoms with Gasteiger partial charge >= 0.3 is 6.09 Å². The molecular weight excluding hydrogens is 534 g/mol. The minimum Gasteiger partial charge on any atom is -0.497 e. The Labute approximate surface area is 247 Å². The van der Waals surface area contributed by atoms with Gasteiger partial charge < -0.3 is 30.1 Å². The molecule has 3 rings (SSSR count). The number of anilines is 1. The summed E-state index contributed by atoms with van der Waals surface area (Å²) >= 11 is 0. The number of alkyl carbamates (subject to hydrolysis) is 1. The number of hydrogen-bond donors (Lipinski definition) is 3. The van der Waals surface area contributed by atoms with E-state index < -0.39 is 42.2 Å². The van der Waals surface area contributed by atoms with Gasteiger partial charge in [0.2, 0.25) is 5.91 Å². The second-order valence-corrected chi connectivity index (χ2v) is 10.6. The molecule has 3 aromatic rings. The van der Waals surface area contributed by atoms with Crippen LogP contribution >= 0.6 is 0 Å². The zero-order chi connectivity index (χ0) is 30.7. The van der Waals surface area contributed by atoms with Crippen LogP contribution in [-0.2, 0) is 20.7 Å². The predicted molar refractivity (Wildman–Crippen MR) is 163 cm³/mol. The average Bonchev–Trinajstić information content (AvgIpc) is 2.96. The number of amides is 3. The quantitative estimate of drug-likeness (QED) is 0.282. The molecule has 3 aromatic carbocycles. The van der Waals surface area contributed by atoms with Crippen molar-refractivity contribution in [3.05, 3.63) is 102 Å². The van der Waals surface area contributed by atoms with Crippen LogP contribution < -0.4 is 15.4 Å². The molecule has 3 amide bonds. The molecule has 2 atom stereocenters. The minimum absolute atomic E-state index is 0.139. The Balaban J connectivity index is 2.04. The summed E-state index contributed by atoms with van der Waals surface area (Å²) in [5.74, 6) is -0.436. The first kappa shape index (κ1) is 31.9. The van der Waals surface area contributed by atoms with Crippen molar-refractivity contribution in [3.8, 4) is 5.75 Å². The zero-order valence-corrected chi connectivity index (χ0v) is 24.5. The van der Waals surface area contributed by atoms with E-state index in [-0.39, 0.29) is 13.0 Å². The van der Waals surface area contributed by atoms with E-state index in [9.17, 15) is 19.5 Å². The molecule has 0 fully saturated rings. The normalized spacial score (nSPS) is 12.4. The third kappa shape index (κ3) is 9.21. The average molecular weight is 574 g/mol. The lowest BCUT2D eigenvalue weighted by Crippen LogP contribution is -2.53. The summed E-state index contributed by atoms with van der Waals surface area (Å²) in [4.78, 5) is 42.3. The van der Waals surface area contributed by atoms with Crippen molar-refractivity contribution in [2.45, 2.75) is 44.9 Å². The molecule has 42 heavy (non-hydrogen) atoms. The molecule has 0 radical (unpaired) electrons. The van der Waals surface area contributed by atoms with E-state index >= 15 is 0 Å². The predicted octanol–water partition coefficient (Wildman–Crippen LogP) is 4.97. The summed E-state index contributed by atoms with van der Waals surface area (Å²) in [6, 6.07) is 20.9. The van der Waals surface area contributed by atoms with E-state index in [0.717, 1.165) is 11.1 Å². The summed E-state index contributed by atoms with van der Waals surface area (Å²) in [6.07, 6.45) is 1.01. The summed E-state index contributed by atoms with van der Waals surface area (Å²) in [7, 11) is 1.55. The molecule has 0 aliphatic carbocycles. The number of ether oxygens (including phenoxy) is 2. The molecule has 222 valence electrons. The van der Waals surface area contributed by atoms with Gasteiger partial charge in [-0.1, -0.05) is 61.2 Å². The molecule has 0 saturated carbocycles. The van der Waals surface area contributed by atoms with Crippen molar-refractivity contribution in [3.63, 3.8) is 0 Å². The fraction of sp³-hybridized carbons (Fsp3) is 0.303. The number of aliphatic hydroxyl groups excluding tert-OH is 1. The molecule has 0 bridgehead atoms. The number of carbonyl (C=O) groups is 3. The molecule has 9 heteroatoms. The Morgan fingerprint density at radius 1 is 1.00 bits per heavy atom. The van der Waals surface area contributed by atoms with Crippen LogP contribution in [-0.4, -0.2) is 59.8 Å². The van der Waals surface area contributed by atoms with Gasteiger partial charge in [-0.25, -0.2) is 4.79 Å². The molecule has 0 heterocycles. The Morgan fingerprint density at radius 2 is 1.69 bits per heavy atom. The van der Waals surface area contributed by atoms with E-state index in [4.69, 9.17) is 9.47 Å². The third-order valence-electron chi connectivity index (χ3n) is 6.28. The molecule has 2 unspecified atom stereocenters. The lowest BCUT2D eigenvalue weighted by atomic mass is 9.98. The van der Waals surface area contributed by atoms with Gasteiger partial charge in [0.15, 0.2) is 0 Å². The number of carbonyl (C=O) groups excluding carboxylic acids is 3. The Kier molecular flexibility index (Phi) is 11.3. The minimum atomic E-state index is -1.15. The number of hydrogen-bond acceptors (Lipinski definition) is 6. The summed E-state index contributed by atoms with van der Waals surface area (Å²) in [5.41, 5.74) is 1.76. The second kappa shape index (κ2) is 14.8. The summed E-state index contributed by atoms with van der Waals surface area (Å²) < 4.78 is 10.7. The van der Waals surface area contributed by atoms with Gasteiger partial charge in [0.25, 0.3) is 5.91 Å². The van der Waals surface area contributed by atoms with E-state index in [1.165, 1.54) is 4.90 Å². The highest BCUT2D eigenvalue weighted by molar-refractivity contribution is 5.99. The maximum absolute atomic E-state index is 14.3. The maximum atomic E-state index is 14.3. The second-order valence-electron chi connectivity index (χ2n) is 10.6. The van der Waals surface area contributed by atoms with Crippen molar-refractivity contribution >= 4 is 29.7 Å². The van der Waals surface area contributed by atoms with Gasteiger partial charge in [0.05, 0.1) is 13.7 Å². The molecule has 0 saturated heterocycles. The highest BCUT2D eigenvalue weighted by atomic mass is 16.6. The van der Waals surface area contributed by atoms with Crippen LogP contribution in [0.3, 0.4) is 0 Å². The van der Waals surface area contributed by atoms with Gasteiger partial charge in [-0.3, -0.25) is 9.59 Å². The van der Waals surface area contributed by atoms with Gasteiger partial charge in [0, 0.05) is 18.7 Å². The number of nitrogens with one attached hydrogen (secondary N) is 2. The smallest absolute Gasteiger partial charge is 0.408 e. The number of rotatable bonds is 12. The van der Waals surface area contributed by atoms with Crippen molar-refractivity contribution in [2.75, 3.05) is 25.6 Å². The van der Waals surface area contributed by atoms with Crippen LogP contribution in [0.1, 0.15) is 43.5 Å². The van der Waals surface area contributed by atoms with Gasteiger partial charge in [-0.15, -0.1) is 0 Å². The molecule has 0 aromatic heterocycles. The Bertz CT molecular complexity index is 1350. The van der Waals surface area contributed by atoms with Crippen molar-refractivity contribution in [1.82, 2.24) is 10.2 Å². The number of methoxy groups -OCH3 is 1. The molecule has 3 N–H and O–H groups in total. The molecule has 0 aliphatic rings. The molecular formula is C33H39N3O6. The van der Waals surface area contributed by atoms with Gasteiger partial charge in [-0.05, 0) is 67.8 Å². The van der Waals surface area contributed by atoms with Crippen LogP contribution in [0.25, 0.3) is 6.08 Å². The van der Waals surface area contributed by atoms with Crippen molar-refractivity contribution in [2.24, 2.45) is 0 Å². The van der Waals surface area contributed by atoms with Crippen molar-refractivity contribution in [1.29, 1.82) is 0 Å². The van der Waals surface area contributed by atoms with Gasteiger partial charge in [0.1, 0.15) is 23.4 Å². The standard InChI is InChI=1S/C33H39N3O6/c1-6-23-13-10-14-25(21-23)29(30(38)34-26-15-17-27(41-5)18-16-26)36(19-20-37)31(39)28(22-24-11-8-7-9-12-24)35-32(40)42-33(2,3)4/h6-18,21,28-29,37H,1,19-20,22H2,2-5H3,(H,34,38)(H,35,40). The van der Waals surface area contributed by atoms with Gasteiger partial charge in [-0.2, -0.15) is 0 Å². The highest BCUT2D eigenvalue weighted by Crippen LogP contribution is 2.26. The van der Waals surface area contributed by atoms with E-state index in [0.29, 0.717) is 17.0 Å². The Hall–Kier alpha value is -4.63. The number of aliphatic hydroxyl groups is 1. The summed E-state index contributed by atoms with van der Waals surface area (Å²) in [6.45, 7) is 8.42. The highest BCUT2D eigenvalue weighted by Gasteiger charge is 2.36. The number of benzene rings is 3. The van der Waals surface area contributed by atoms with Crippen LogP contribution in [0.2, 0.25) is 0 Å².